The van der Waals surface area contributed by atoms with E-state index in [4.69, 9.17) is 0 Å². The van der Waals surface area contributed by atoms with Crippen molar-refractivity contribution in [1.82, 2.24) is 10.2 Å². The summed E-state index contributed by atoms with van der Waals surface area (Å²) in [5, 5.41) is 12.9. The summed E-state index contributed by atoms with van der Waals surface area (Å²) in [5.41, 5.74) is -0.901. The summed E-state index contributed by atoms with van der Waals surface area (Å²) in [4.78, 5) is 14.0. The van der Waals surface area contributed by atoms with Gasteiger partial charge in [0.15, 0.2) is 0 Å². The van der Waals surface area contributed by atoms with Gasteiger partial charge in [-0.1, -0.05) is 34.1 Å². The molecule has 0 amide bonds. The highest BCUT2D eigenvalue weighted by Gasteiger charge is 2.54. The first-order valence-electron chi connectivity index (χ1n) is 7.10. The third kappa shape index (κ3) is 2.86. The molecule has 1 atom stereocenters. The largest absolute Gasteiger partial charge is 0.480 e. The monoisotopic (exact) mass is 256 g/mol. The van der Waals surface area contributed by atoms with Crippen LogP contribution < -0.4 is 5.32 Å². The highest BCUT2D eigenvalue weighted by atomic mass is 16.4. The zero-order valence-electron chi connectivity index (χ0n) is 12.3. The van der Waals surface area contributed by atoms with E-state index in [9.17, 15) is 9.90 Å². The molecule has 1 rings (SSSR count). The second-order valence-corrected chi connectivity index (χ2v) is 5.90. The quantitative estimate of drug-likeness (QED) is 0.731. The van der Waals surface area contributed by atoms with Crippen molar-refractivity contribution >= 4 is 5.97 Å². The number of likely N-dealkylation sites (N-methyl/N-ethyl adjacent to an activating group) is 1. The molecular formula is C14H28N2O2. The summed E-state index contributed by atoms with van der Waals surface area (Å²) in [6, 6.07) is 0. The molecule has 1 aliphatic rings. The molecule has 0 spiro atoms. The summed E-state index contributed by atoms with van der Waals surface area (Å²) in [6.45, 7) is 12.1. The highest BCUT2D eigenvalue weighted by molar-refractivity contribution is 5.80. The van der Waals surface area contributed by atoms with Gasteiger partial charge in [-0.25, -0.2) is 0 Å². The van der Waals surface area contributed by atoms with Gasteiger partial charge in [0.05, 0.1) is 0 Å². The Balaban J connectivity index is 2.63. The molecule has 0 radical (unpaired) electrons. The minimum Gasteiger partial charge on any atom is -0.480 e. The van der Waals surface area contributed by atoms with Crippen LogP contribution in [0.3, 0.4) is 0 Å². The molecule has 0 heterocycles. The Morgan fingerprint density at radius 2 is 1.89 bits per heavy atom. The fourth-order valence-corrected chi connectivity index (χ4v) is 3.11. The topological polar surface area (TPSA) is 52.6 Å². The first-order valence-corrected chi connectivity index (χ1v) is 7.10. The van der Waals surface area contributed by atoms with Gasteiger partial charge in [-0.15, -0.1) is 0 Å². The number of carbonyl (C=O) groups is 1. The van der Waals surface area contributed by atoms with Crippen molar-refractivity contribution in [2.24, 2.45) is 5.41 Å². The van der Waals surface area contributed by atoms with Crippen LogP contribution in [-0.4, -0.2) is 47.7 Å². The normalized spacial score (nSPS) is 26.7. The fourth-order valence-electron chi connectivity index (χ4n) is 3.11. The lowest BCUT2D eigenvalue weighted by atomic mass is 9.75. The smallest absolute Gasteiger partial charge is 0.324 e. The van der Waals surface area contributed by atoms with Crippen LogP contribution in [0.25, 0.3) is 0 Å². The number of nitrogens with zero attached hydrogens (tertiary/aromatic N) is 1. The van der Waals surface area contributed by atoms with E-state index in [1.807, 2.05) is 0 Å². The van der Waals surface area contributed by atoms with Crippen LogP contribution >= 0.6 is 0 Å². The maximum Gasteiger partial charge on any atom is 0.324 e. The van der Waals surface area contributed by atoms with Crippen molar-refractivity contribution in [3.8, 4) is 0 Å². The first-order chi connectivity index (χ1) is 8.39. The molecule has 4 nitrogen and oxygen atoms in total. The molecule has 18 heavy (non-hydrogen) atoms. The molecule has 1 fully saturated rings. The highest BCUT2D eigenvalue weighted by Crippen LogP contribution is 2.46. The SMILES string of the molecule is CCN(CC)CCNC1(C(=O)O)CCCC1(C)C. The van der Waals surface area contributed by atoms with E-state index in [-0.39, 0.29) is 5.41 Å². The number of carboxylic acid groups (broad SMARTS) is 1. The minimum atomic E-state index is -0.736. The standard InChI is InChI=1S/C14H28N2O2/c1-5-16(6-2)11-10-15-14(12(17)18)9-7-8-13(14,3)4/h15H,5-11H2,1-4H3,(H,17,18). The number of rotatable bonds is 7. The number of carboxylic acids is 1. The van der Waals surface area contributed by atoms with Crippen molar-refractivity contribution in [2.75, 3.05) is 26.2 Å². The summed E-state index contributed by atoms with van der Waals surface area (Å²) >= 11 is 0. The van der Waals surface area contributed by atoms with E-state index in [2.05, 4.69) is 37.9 Å². The van der Waals surface area contributed by atoms with Crippen LogP contribution in [0, 0.1) is 5.41 Å². The van der Waals surface area contributed by atoms with E-state index in [1.54, 1.807) is 0 Å². The lowest BCUT2D eigenvalue weighted by molar-refractivity contribution is -0.149. The van der Waals surface area contributed by atoms with Crippen molar-refractivity contribution in [3.63, 3.8) is 0 Å². The van der Waals surface area contributed by atoms with Crippen LogP contribution in [0.5, 0.6) is 0 Å². The second-order valence-electron chi connectivity index (χ2n) is 5.90. The first kappa shape index (κ1) is 15.4. The molecule has 0 aromatic carbocycles. The van der Waals surface area contributed by atoms with E-state index in [1.165, 1.54) is 0 Å². The molecule has 0 saturated heterocycles. The van der Waals surface area contributed by atoms with Crippen LogP contribution in [0.15, 0.2) is 0 Å². The third-order valence-corrected chi connectivity index (χ3v) is 4.62. The molecule has 2 N–H and O–H groups in total. The lowest BCUT2D eigenvalue weighted by Crippen LogP contribution is -2.59. The second kappa shape index (κ2) is 6.02. The van der Waals surface area contributed by atoms with Crippen LogP contribution in [0.1, 0.15) is 47.0 Å². The third-order valence-electron chi connectivity index (χ3n) is 4.62. The number of hydrogen-bond donors (Lipinski definition) is 2. The molecule has 4 heteroatoms. The summed E-state index contributed by atoms with van der Waals surface area (Å²) in [6.07, 6.45) is 2.72. The van der Waals surface area contributed by atoms with Crippen LogP contribution in [0.2, 0.25) is 0 Å². The van der Waals surface area contributed by atoms with Gasteiger partial charge in [-0.05, 0) is 31.3 Å². The molecular weight excluding hydrogens is 228 g/mol. The van der Waals surface area contributed by atoms with Gasteiger partial charge in [0, 0.05) is 13.1 Å². The van der Waals surface area contributed by atoms with Crippen molar-refractivity contribution in [3.05, 3.63) is 0 Å². The van der Waals surface area contributed by atoms with Crippen LogP contribution in [-0.2, 0) is 4.79 Å². The number of nitrogens with one attached hydrogen (secondary N) is 1. The molecule has 1 unspecified atom stereocenters. The molecule has 1 aliphatic carbocycles. The van der Waals surface area contributed by atoms with E-state index in [0.717, 1.165) is 45.4 Å². The van der Waals surface area contributed by atoms with E-state index >= 15 is 0 Å². The lowest BCUT2D eigenvalue weighted by Gasteiger charge is -2.39. The van der Waals surface area contributed by atoms with Gasteiger partial charge in [0.2, 0.25) is 0 Å². The fraction of sp³-hybridized carbons (Fsp3) is 0.929. The molecule has 1 saturated carbocycles. The maximum atomic E-state index is 11.7. The average Bonchev–Trinajstić information content (AvgIpc) is 2.61. The zero-order valence-corrected chi connectivity index (χ0v) is 12.3. The average molecular weight is 256 g/mol. The predicted molar refractivity (Wildman–Crippen MR) is 73.8 cm³/mol. The van der Waals surface area contributed by atoms with E-state index < -0.39 is 11.5 Å². The van der Waals surface area contributed by atoms with Gasteiger partial charge >= 0.3 is 5.97 Å². The van der Waals surface area contributed by atoms with Crippen molar-refractivity contribution in [1.29, 1.82) is 0 Å². The summed E-state index contributed by atoms with van der Waals surface area (Å²) in [7, 11) is 0. The van der Waals surface area contributed by atoms with Crippen molar-refractivity contribution < 1.29 is 9.90 Å². The minimum absolute atomic E-state index is 0.165. The van der Waals surface area contributed by atoms with Crippen LogP contribution in [0.4, 0.5) is 0 Å². The maximum absolute atomic E-state index is 11.7. The molecule has 0 bridgehead atoms. The zero-order chi connectivity index (χ0) is 13.8. The van der Waals surface area contributed by atoms with E-state index in [0.29, 0.717) is 0 Å². The Bertz CT molecular complexity index is 288. The Morgan fingerprint density at radius 1 is 1.28 bits per heavy atom. The molecule has 0 aliphatic heterocycles. The van der Waals surface area contributed by atoms with Gasteiger partial charge in [-0.3, -0.25) is 4.79 Å². The van der Waals surface area contributed by atoms with Gasteiger partial charge in [0.1, 0.15) is 5.54 Å². The summed E-state index contributed by atoms with van der Waals surface area (Å²) < 4.78 is 0. The molecule has 0 aromatic heterocycles. The van der Waals surface area contributed by atoms with Gasteiger partial charge in [0.25, 0.3) is 0 Å². The Hall–Kier alpha value is -0.610. The Kier molecular flexibility index (Phi) is 5.17. The Labute approximate surface area is 111 Å². The summed E-state index contributed by atoms with van der Waals surface area (Å²) in [5.74, 6) is -0.690. The number of hydrogen-bond acceptors (Lipinski definition) is 3. The number of aliphatic carboxylic acids is 1. The van der Waals surface area contributed by atoms with Gasteiger partial charge < -0.3 is 15.3 Å². The molecule has 0 aromatic rings. The molecule has 106 valence electrons. The predicted octanol–water partition coefficient (Wildman–Crippen LogP) is 1.95. The van der Waals surface area contributed by atoms with Crippen molar-refractivity contribution in [2.45, 2.75) is 52.5 Å². The van der Waals surface area contributed by atoms with Gasteiger partial charge in [-0.2, -0.15) is 0 Å². The Morgan fingerprint density at radius 3 is 2.28 bits per heavy atom.